The molecule has 0 saturated carbocycles. The van der Waals surface area contributed by atoms with Gasteiger partial charge >= 0.3 is 12.1 Å². The number of carbonyl (C=O) groups excluding carboxylic acids is 1. The standard InChI is InChI=1S/C18H24N2O7/c1-11-9-15(13(16(21)22)10-14(11)20(24)25)26-12-5-7-19(8-6-12)17(23)27-18(2,3)4/h9-10,12H,5-8H2,1-4H3,(H,21,22). The molecule has 1 aromatic carbocycles. The Morgan fingerprint density at radius 2 is 1.85 bits per heavy atom. The minimum atomic E-state index is -1.29. The molecule has 0 unspecified atom stereocenters. The zero-order chi connectivity index (χ0) is 20.4. The van der Waals surface area contributed by atoms with E-state index in [1.165, 1.54) is 13.0 Å². The van der Waals surface area contributed by atoms with Gasteiger partial charge in [-0.05, 0) is 33.8 Å². The van der Waals surface area contributed by atoms with Gasteiger partial charge in [0.05, 0.1) is 4.92 Å². The van der Waals surface area contributed by atoms with Crippen LogP contribution in [0.15, 0.2) is 12.1 Å². The summed E-state index contributed by atoms with van der Waals surface area (Å²) in [6, 6.07) is 2.39. The number of aromatic carboxylic acids is 1. The van der Waals surface area contributed by atoms with E-state index in [-0.39, 0.29) is 23.1 Å². The molecule has 148 valence electrons. The maximum atomic E-state index is 12.1. The van der Waals surface area contributed by atoms with Crippen LogP contribution in [-0.2, 0) is 4.74 Å². The Kier molecular flexibility index (Phi) is 5.92. The highest BCUT2D eigenvalue weighted by Crippen LogP contribution is 2.30. The van der Waals surface area contributed by atoms with Crippen molar-refractivity contribution in [2.75, 3.05) is 13.1 Å². The molecule has 2 rings (SSSR count). The number of likely N-dealkylation sites (tertiary alicyclic amines) is 1. The summed E-state index contributed by atoms with van der Waals surface area (Å²) in [4.78, 5) is 35.5. The fraction of sp³-hybridized carbons (Fsp3) is 0.556. The quantitative estimate of drug-likeness (QED) is 0.628. The summed E-state index contributed by atoms with van der Waals surface area (Å²) in [5.41, 5.74) is -0.760. The molecule has 1 N–H and O–H groups in total. The molecule has 0 aromatic heterocycles. The van der Waals surface area contributed by atoms with Crippen LogP contribution < -0.4 is 4.74 Å². The zero-order valence-electron chi connectivity index (χ0n) is 15.9. The molecule has 1 aromatic rings. The van der Waals surface area contributed by atoms with Crippen molar-refractivity contribution < 1.29 is 29.1 Å². The molecule has 0 radical (unpaired) electrons. The SMILES string of the molecule is Cc1cc(OC2CCN(C(=O)OC(C)(C)C)CC2)c(C(=O)O)cc1[N+](=O)[O-]. The van der Waals surface area contributed by atoms with Gasteiger partial charge in [-0.15, -0.1) is 0 Å². The van der Waals surface area contributed by atoms with Gasteiger partial charge in [0, 0.05) is 37.6 Å². The van der Waals surface area contributed by atoms with E-state index in [0.717, 1.165) is 6.07 Å². The topological polar surface area (TPSA) is 119 Å². The van der Waals surface area contributed by atoms with Crippen molar-refractivity contribution in [1.29, 1.82) is 0 Å². The Balaban J connectivity index is 2.07. The van der Waals surface area contributed by atoms with E-state index in [9.17, 15) is 24.8 Å². The average molecular weight is 380 g/mol. The predicted molar refractivity (Wildman–Crippen MR) is 96.2 cm³/mol. The third-order valence-electron chi connectivity index (χ3n) is 4.11. The van der Waals surface area contributed by atoms with Gasteiger partial charge in [-0.25, -0.2) is 9.59 Å². The number of hydrogen-bond acceptors (Lipinski definition) is 6. The molecule has 1 aliphatic heterocycles. The number of amides is 1. The Labute approximate surface area is 157 Å². The third-order valence-corrected chi connectivity index (χ3v) is 4.11. The molecular weight excluding hydrogens is 356 g/mol. The van der Waals surface area contributed by atoms with Crippen LogP contribution in [0.5, 0.6) is 5.75 Å². The minimum absolute atomic E-state index is 0.0984. The van der Waals surface area contributed by atoms with Crippen LogP contribution >= 0.6 is 0 Å². The first-order chi connectivity index (χ1) is 12.5. The lowest BCUT2D eigenvalue weighted by atomic mass is 10.1. The minimum Gasteiger partial charge on any atom is -0.489 e. The second-order valence-corrected chi connectivity index (χ2v) is 7.48. The Morgan fingerprint density at radius 3 is 2.33 bits per heavy atom. The van der Waals surface area contributed by atoms with E-state index in [1.54, 1.807) is 25.7 Å². The number of piperidine rings is 1. The average Bonchev–Trinajstić information content (AvgIpc) is 2.53. The molecule has 1 amide bonds. The number of hydrogen-bond donors (Lipinski definition) is 1. The highest BCUT2D eigenvalue weighted by atomic mass is 16.6. The molecule has 9 heteroatoms. The molecule has 1 saturated heterocycles. The number of carboxylic acids is 1. The number of carbonyl (C=O) groups is 2. The monoisotopic (exact) mass is 380 g/mol. The largest absolute Gasteiger partial charge is 0.489 e. The van der Waals surface area contributed by atoms with Gasteiger partial charge < -0.3 is 19.5 Å². The van der Waals surface area contributed by atoms with Crippen LogP contribution in [0.4, 0.5) is 10.5 Å². The van der Waals surface area contributed by atoms with E-state index in [4.69, 9.17) is 9.47 Å². The van der Waals surface area contributed by atoms with Crippen molar-refractivity contribution in [1.82, 2.24) is 4.90 Å². The fourth-order valence-electron chi connectivity index (χ4n) is 2.79. The van der Waals surface area contributed by atoms with Crippen LogP contribution in [0.2, 0.25) is 0 Å². The number of aryl methyl sites for hydroxylation is 1. The molecule has 0 spiro atoms. The van der Waals surface area contributed by atoms with Crippen LogP contribution in [0.25, 0.3) is 0 Å². The Bertz CT molecular complexity index is 747. The number of nitro benzene ring substituents is 1. The molecule has 0 bridgehead atoms. The van der Waals surface area contributed by atoms with Crippen molar-refractivity contribution in [3.05, 3.63) is 33.4 Å². The van der Waals surface area contributed by atoms with Gasteiger partial charge in [-0.2, -0.15) is 0 Å². The van der Waals surface area contributed by atoms with Crippen molar-refractivity contribution in [3.63, 3.8) is 0 Å². The van der Waals surface area contributed by atoms with Crippen LogP contribution in [0.3, 0.4) is 0 Å². The number of benzene rings is 1. The summed E-state index contributed by atoms with van der Waals surface area (Å²) in [5.74, 6) is -1.19. The van der Waals surface area contributed by atoms with Gasteiger partial charge in [0.15, 0.2) is 0 Å². The van der Waals surface area contributed by atoms with Crippen LogP contribution in [0.1, 0.15) is 49.5 Å². The van der Waals surface area contributed by atoms with Crippen LogP contribution in [0, 0.1) is 17.0 Å². The highest BCUT2D eigenvalue weighted by Gasteiger charge is 2.29. The van der Waals surface area contributed by atoms with E-state index >= 15 is 0 Å². The van der Waals surface area contributed by atoms with E-state index in [2.05, 4.69) is 0 Å². The lowest BCUT2D eigenvalue weighted by Crippen LogP contribution is -2.44. The highest BCUT2D eigenvalue weighted by molar-refractivity contribution is 5.92. The van der Waals surface area contributed by atoms with Gasteiger partial charge in [-0.1, -0.05) is 0 Å². The number of ether oxygens (including phenoxy) is 2. The second kappa shape index (κ2) is 7.81. The van der Waals surface area contributed by atoms with Crippen molar-refractivity contribution in [3.8, 4) is 5.75 Å². The molecule has 1 aliphatic rings. The zero-order valence-corrected chi connectivity index (χ0v) is 15.9. The van der Waals surface area contributed by atoms with Gasteiger partial charge in [0.25, 0.3) is 5.69 Å². The first-order valence-corrected chi connectivity index (χ1v) is 8.65. The number of carboxylic acid groups (broad SMARTS) is 1. The maximum Gasteiger partial charge on any atom is 0.410 e. The van der Waals surface area contributed by atoms with E-state index in [0.29, 0.717) is 31.5 Å². The fourth-order valence-corrected chi connectivity index (χ4v) is 2.79. The smallest absolute Gasteiger partial charge is 0.410 e. The summed E-state index contributed by atoms with van der Waals surface area (Å²) < 4.78 is 11.1. The van der Waals surface area contributed by atoms with E-state index < -0.39 is 22.6 Å². The lowest BCUT2D eigenvalue weighted by Gasteiger charge is -2.33. The van der Waals surface area contributed by atoms with E-state index in [1.807, 2.05) is 0 Å². The summed E-state index contributed by atoms with van der Waals surface area (Å²) in [6.45, 7) is 7.77. The first kappa shape index (κ1) is 20.5. The molecule has 0 atom stereocenters. The van der Waals surface area contributed by atoms with Gasteiger partial charge in [-0.3, -0.25) is 10.1 Å². The maximum absolute atomic E-state index is 12.1. The van der Waals surface area contributed by atoms with Crippen molar-refractivity contribution >= 4 is 17.7 Å². The molecule has 27 heavy (non-hydrogen) atoms. The molecular formula is C18H24N2O7. The number of nitrogens with zero attached hydrogens (tertiary/aromatic N) is 2. The van der Waals surface area contributed by atoms with Crippen LogP contribution in [-0.4, -0.2) is 51.8 Å². The van der Waals surface area contributed by atoms with Gasteiger partial charge in [0.2, 0.25) is 0 Å². The molecule has 9 nitrogen and oxygen atoms in total. The summed E-state index contributed by atoms with van der Waals surface area (Å²) in [7, 11) is 0. The molecule has 1 fully saturated rings. The summed E-state index contributed by atoms with van der Waals surface area (Å²) >= 11 is 0. The predicted octanol–water partition coefficient (Wildman–Crippen LogP) is 3.38. The normalized spacial score (nSPS) is 15.3. The van der Waals surface area contributed by atoms with Crippen molar-refractivity contribution in [2.24, 2.45) is 0 Å². The first-order valence-electron chi connectivity index (χ1n) is 8.65. The second-order valence-electron chi connectivity index (χ2n) is 7.48. The summed E-state index contributed by atoms with van der Waals surface area (Å²) in [6.07, 6.45) is 0.337. The lowest BCUT2D eigenvalue weighted by molar-refractivity contribution is -0.385. The molecule has 1 heterocycles. The van der Waals surface area contributed by atoms with Gasteiger partial charge in [0.1, 0.15) is 23.0 Å². The summed E-state index contributed by atoms with van der Waals surface area (Å²) in [5, 5.41) is 20.4. The number of nitro groups is 1. The Morgan fingerprint density at radius 1 is 1.26 bits per heavy atom. The van der Waals surface area contributed by atoms with Crippen molar-refractivity contribution in [2.45, 2.75) is 52.2 Å². The number of rotatable bonds is 4. The third kappa shape index (κ3) is 5.32. The Hall–Kier alpha value is -2.84. The molecule has 0 aliphatic carbocycles.